The van der Waals surface area contributed by atoms with Crippen LogP contribution in [0.2, 0.25) is 0 Å². The van der Waals surface area contributed by atoms with Gasteiger partial charge in [0.2, 0.25) is 17.7 Å². The molecule has 1 heterocycles. The first kappa shape index (κ1) is 26.1. The predicted octanol–water partition coefficient (Wildman–Crippen LogP) is -2.13. The van der Waals surface area contributed by atoms with Gasteiger partial charge in [0.05, 0.1) is 12.2 Å². The van der Waals surface area contributed by atoms with Crippen molar-refractivity contribution < 1.29 is 34.5 Å². The Morgan fingerprint density at radius 1 is 1.17 bits per heavy atom. The van der Waals surface area contributed by atoms with Gasteiger partial charge in [0, 0.05) is 6.54 Å². The fourth-order valence-electron chi connectivity index (χ4n) is 3.10. The number of aliphatic carboxylic acids is 1. The SMILES string of the molecule is CSCCC(NC(=O)C1CCCN1C(=O)C(NC(=O)C(N)C(C)O)C(C)O)C(=O)O. The van der Waals surface area contributed by atoms with Crippen LogP contribution >= 0.6 is 11.8 Å². The molecule has 0 spiro atoms. The number of likely N-dealkylation sites (tertiary alicyclic amines) is 1. The third kappa shape index (κ3) is 7.11. The lowest BCUT2D eigenvalue weighted by Gasteiger charge is -2.31. The van der Waals surface area contributed by atoms with Crippen LogP contribution in [0, 0.1) is 0 Å². The number of hydrogen-bond acceptors (Lipinski definition) is 8. The summed E-state index contributed by atoms with van der Waals surface area (Å²) in [6.45, 7) is 2.85. The quantitative estimate of drug-likeness (QED) is 0.206. The second-order valence-electron chi connectivity index (χ2n) is 7.36. The van der Waals surface area contributed by atoms with Gasteiger partial charge in [0.15, 0.2) is 0 Å². The van der Waals surface area contributed by atoms with E-state index in [1.54, 1.807) is 0 Å². The number of rotatable bonds is 11. The van der Waals surface area contributed by atoms with E-state index >= 15 is 0 Å². The van der Waals surface area contributed by atoms with E-state index in [4.69, 9.17) is 5.73 Å². The number of carboxylic acids is 1. The molecule has 11 nitrogen and oxygen atoms in total. The third-order valence-electron chi connectivity index (χ3n) is 4.93. The zero-order valence-electron chi connectivity index (χ0n) is 17.4. The minimum Gasteiger partial charge on any atom is -0.480 e. The van der Waals surface area contributed by atoms with Crippen LogP contribution in [0.5, 0.6) is 0 Å². The highest BCUT2D eigenvalue weighted by molar-refractivity contribution is 7.98. The van der Waals surface area contributed by atoms with Gasteiger partial charge in [0.25, 0.3) is 0 Å². The molecule has 1 rings (SSSR count). The average molecular weight is 449 g/mol. The van der Waals surface area contributed by atoms with E-state index in [2.05, 4.69) is 10.6 Å². The first-order chi connectivity index (χ1) is 14.0. The number of nitrogens with one attached hydrogen (secondary N) is 2. The standard InChI is InChI=1S/C18H32N4O7S/c1-9(23)13(19)16(26)21-14(10(2)24)17(27)22-7-4-5-12(22)15(25)20-11(18(28)29)6-8-30-3/h9-14,23-24H,4-8,19H2,1-3H3,(H,20,25)(H,21,26)(H,28,29). The lowest BCUT2D eigenvalue weighted by molar-refractivity contribution is -0.146. The molecule has 6 atom stereocenters. The number of carboxylic acid groups (broad SMARTS) is 1. The van der Waals surface area contributed by atoms with Crippen LogP contribution in [-0.2, 0) is 19.2 Å². The molecule has 0 bridgehead atoms. The minimum atomic E-state index is -1.36. The summed E-state index contributed by atoms with van der Waals surface area (Å²) in [6.07, 6.45) is 0.480. The van der Waals surface area contributed by atoms with Crippen molar-refractivity contribution in [3.8, 4) is 0 Å². The van der Waals surface area contributed by atoms with E-state index in [1.807, 2.05) is 6.26 Å². The second-order valence-corrected chi connectivity index (χ2v) is 8.35. The summed E-state index contributed by atoms with van der Waals surface area (Å²) < 4.78 is 0. The fraction of sp³-hybridized carbons (Fsp3) is 0.778. The number of aliphatic hydroxyl groups is 2. The molecule has 1 saturated heterocycles. The average Bonchev–Trinajstić information content (AvgIpc) is 3.17. The molecular weight excluding hydrogens is 416 g/mol. The molecule has 0 saturated carbocycles. The highest BCUT2D eigenvalue weighted by Crippen LogP contribution is 2.20. The van der Waals surface area contributed by atoms with Gasteiger partial charge in [-0.2, -0.15) is 11.8 Å². The molecule has 0 radical (unpaired) electrons. The number of carbonyl (C=O) groups excluding carboxylic acids is 3. The Bertz CT molecular complexity index is 632. The van der Waals surface area contributed by atoms with Crippen LogP contribution in [-0.4, -0.2) is 98.8 Å². The number of nitrogens with zero attached hydrogens (tertiary/aromatic N) is 1. The van der Waals surface area contributed by atoms with E-state index in [0.717, 1.165) is 0 Å². The molecule has 0 aromatic carbocycles. The summed E-state index contributed by atoms with van der Waals surface area (Å²) in [7, 11) is 0. The molecule has 0 aromatic heterocycles. The lowest BCUT2D eigenvalue weighted by Crippen LogP contribution is -2.60. The molecule has 1 fully saturated rings. The maximum atomic E-state index is 13.0. The van der Waals surface area contributed by atoms with Gasteiger partial charge in [-0.3, -0.25) is 14.4 Å². The number of aliphatic hydroxyl groups excluding tert-OH is 2. The Hall–Kier alpha value is -1.89. The van der Waals surface area contributed by atoms with Crippen LogP contribution in [0.25, 0.3) is 0 Å². The van der Waals surface area contributed by atoms with Gasteiger partial charge in [-0.1, -0.05) is 0 Å². The van der Waals surface area contributed by atoms with Crippen molar-refractivity contribution in [1.82, 2.24) is 15.5 Å². The van der Waals surface area contributed by atoms with Crippen LogP contribution in [0.1, 0.15) is 33.1 Å². The van der Waals surface area contributed by atoms with Crippen molar-refractivity contribution in [2.45, 2.75) is 69.5 Å². The van der Waals surface area contributed by atoms with Crippen LogP contribution in [0.3, 0.4) is 0 Å². The van der Waals surface area contributed by atoms with Crippen LogP contribution < -0.4 is 16.4 Å². The van der Waals surface area contributed by atoms with E-state index in [9.17, 15) is 34.5 Å². The molecule has 30 heavy (non-hydrogen) atoms. The van der Waals surface area contributed by atoms with Crippen molar-refractivity contribution in [3.63, 3.8) is 0 Å². The topological polar surface area (TPSA) is 182 Å². The van der Waals surface area contributed by atoms with Crippen molar-refractivity contribution >= 4 is 35.5 Å². The largest absolute Gasteiger partial charge is 0.480 e. The first-order valence-electron chi connectivity index (χ1n) is 9.75. The molecule has 1 aliphatic heterocycles. The molecule has 0 aliphatic carbocycles. The summed E-state index contributed by atoms with van der Waals surface area (Å²) in [6, 6.07) is -4.62. The Balaban J connectivity index is 2.90. The van der Waals surface area contributed by atoms with E-state index < -0.39 is 60.1 Å². The number of carbonyl (C=O) groups is 4. The highest BCUT2D eigenvalue weighted by Gasteiger charge is 2.40. The Morgan fingerprint density at radius 3 is 2.30 bits per heavy atom. The smallest absolute Gasteiger partial charge is 0.326 e. The molecule has 172 valence electrons. The van der Waals surface area contributed by atoms with Crippen molar-refractivity contribution in [3.05, 3.63) is 0 Å². The van der Waals surface area contributed by atoms with Gasteiger partial charge < -0.3 is 36.6 Å². The monoisotopic (exact) mass is 448 g/mol. The van der Waals surface area contributed by atoms with Gasteiger partial charge in [-0.15, -0.1) is 0 Å². The number of nitrogens with two attached hydrogens (primary N) is 1. The predicted molar refractivity (Wildman–Crippen MR) is 111 cm³/mol. The third-order valence-corrected chi connectivity index (χ3v) is 5.58. The summed E-state index contributed by atoms with van der Waals surface area (Å²) >= 11 is 1.45. The van der Waals surface area contributed by atoms with E-state index in [1.165, 1.54) is 30.5 Å². The minimum absolute atomic E-state index is 0.223. The number of thioether (sulfide) groups is 1. The molecule has 7 N–H and O–H groups in total. The Kier molecular flexibility index (Phi) is 10.5. The zero-order valence-corrected chi connectivity index (χ0v) is 18.2. The van der Waals surface area contributed by atoms with Crippen molar-refractivity contribution in [2.24, 2.45) is 5.73 Å². The summed E-state index contributed by atoms with van der Waals surface area (Å²) in [5.41, 5.74) is 5.57. The van der Waals surface area contributed by atoms with Crippen LogP contribution in [0.15, 0.2) is 0 Å². The fourth-order valence-corrected chi connectivity index (χ4v) is 3.57. The number of hydrogen-bond donors (Lipinski definition) is 6. The van der Waals surface area contributed by atoms with Crippen LogP contribution in [0.4, 0.5) is 0 Å². The van der Waals surface area contributed by atoms with E-state index in [-0.39, 0.29) is 13.0 Å². The molecule has 12 heteroatoms. The Labute approximate surface area is 179 Å². The maximum absolute atomic E-state index is 13.0. The van der Waals surface area contributed by atoms with Crippen molar-refractivity contribution in [1.29, 1.82) is 0 Å². The summed E-state index contributed by atoms with van der Waals surface area (Å²) in [4.78, 5) is 50.4. The van der Waals surface area contributed by atoms with Gasteiger partial charge >= 0.3 is 5.97 Å². The highest BCUT2D eigenvalue weighted by atomic mass is 32.2. The van der Waals surface area contributed by atoms with Crippen molar-refractivity contribution in [2.75, 3.05) is 18.6 Å². The normalized spacial score (nSPS) is 21.3. The molecule has 3 amide bonds. The first-order valence-corrected chi connectivity index (χ1v) is 11.1. The Morgan fingerprint density at radius 2 is 1.80 bits per heavy atom. The van der Waals surface area contributed by atoms with Gasteiger partial charge in [-0.25, -0.2) is 4.79 Å². The maximum Gasteiger partial charge on any atom is 0.326 e. The molecule has 6 unspecified atom stereocenters. The van der Waals surface area contributed by atoms with Gasteiger partial charge in [-0.05, 0) is 45.1 Å². The number of amides is 3. The zero-order chi connectivity index (χ0) is 23.0. The second kappa shape index (κ2) is 12.1. The summed E-state index contributed by atoms with van der Waals surface area (Å²) in [5, 5.41) is 33.6. The lowest BCUT2D eigenvalue weighted by atomic mass is 10.1. The van der Waals surface area contributed by atoms with Gasteiger partial charge in [0.1, 0.15) is 24.2 Å². The molecule has 1 aliphatic rings. The molecular formula is C18H32N4O7S. The molecule has 0 aromatic rings. The van der Waals surface area contributed by atoms with E-state index in [0.29, 0.717) is 18.6 Å². The summed E-state index contributed by atoms with van der Waals surface area (Å²) in [5.74, 6) is -2.69.